The molecule has 0 aromatic heterocycles. The molecule has 0 aromatic rings. The number of allylic oxidation sites excluding steroid dienone is 1. The van der Waals surface area contributed by atoms with Gasteiger partial charge in [-0.15, -0.1) is 0 Å². The molecule has 0 heterocycles. The smallest absolute Gasteiger partial charge is 0.127 e. The first-order valence-electron chi connectivity index (χ1n) is 7.25. The fraction of sp³-hybridized carbons (Fsp3) is 0.800. The van der Waals surface area contributed by atoms with Gasteiger partial charge in [-0.05, 0) is 56.4 Å². The zero-order chi connectivity index (χ0) is 13.2. The number of hydrogen-bond donors (Lipinski definition) is 0. The van der Waals surface area contributed by atoms with E-state index in [1.54, 1.807) is 0 Å². The van der Waals surface area contributed by atoms with Crippen molar-refractivity contribution in [1.82, 2.24) is 0 Å². The molecular weight excluding hydrogens is 246 g/mol. The molecule has 1 saturated carbocycles. The van der Waals surface area contributed by atoms with E-state index in [0.29, 0.717) is 5.16 Å². The van der Waals surface area contributed by atoms with Gasteiger partial charge in [-0.3, -0.25) is 0 Å². The third-order valence-corrected chi connectivity index (χ3v) is 3.54. The Labute approximate surface area is 116 Å². The third-order valence-electron chi connectivity index (χ3n) is 3.17. The van der Waals surface area contributed by atoms with Crippen LogP contribution in [0.25, 0.3) is 0 Å². The Balaban J connectivity index is 2.24. The minimum atomic E-state index is 0.702. The predicted molar refractivity (Wildman–Crippen MR) is 79.3 cm³/mol. The van der Waals surface area contributed by atoms with E-state index in [1.807, 2.05) is 6.21 Å². The standard InChI is InChI=1S/C15H26ClNO/c1-3-11-18-12-5-6-14(4-2)15(16)17-10-9-13-7-8-13/h10,13H,3-9,11-12H2,1-2H3. The molecule has 0 aromatic carbocycles. The SMILES string of the molecule is CCCOCCCC(CC)=C(Cl)N=CCC1CC1. The van der Waals surface area contributed by atoms with E-state index in [2.05, 4.69) is 18.8 Å². The van der Waals surface area contributed by atoms with E-state index < -0.39 is 0 Å². The van der Waals surface area contributed by atoms with Gasteiger partial charge in [0.25, 0.3) is 0 Å². The number of ether oxygens (including phenoxy) is 1. The molecule has 18 heavy (non-hydrogen) atoms. The summed E-state index contributed by atoms with van der Waals surface area (Å²) in [5.41, 5.74) is 1.25. The summed E-state index contributed by atoms with van der Waals surface area (Å²) < 4.78 is 5.47. The van der Waals surface area contributed by atoms with Crippen molar-refractivity contribution in [2.24, 2.45) is 10.9 Å². The molecule has 1 rings (SSSR count). The second-order valence-electron chi connectivity index (χ2n) is 4.95. The average molecular weight is 272 g/mol. The summed E-state index contributed by atoms with van der Waals surface area (Å²) in [4.78, 5) is 4.37. The highest BCUT2D eigenvalue weighted by molar-refractivity contribution is 6.30. The quantitative estimate of drug-likeness (QED) is 0.314. The first kappa shape index (κ1) is 15.7. The van der Waals surface area contributed by atoms with Crippen LogP contribution in [0.4, 0.5) is 0 Å². The fourth-order valence-corrected chi connectivity index (χ4v) is 2.08. The average Bonchev–Trinajstić information content (AvgIpc) is 3.17. The Morgan fingerprint density at radius 3 is 2.72 bits per heavy atom. The maximum absolute atomic E-state index is 6.23. The minimum Gasteiger partial charge on any atom is -0.381 e. The van der Waals surface area contributed by atoms with Gasteiger partial charge >= 0.3 is 0 Å². The van der Waals surface area contributed by atoms with Gasteiger partial charge in [0.1, 0.15) is 5.16 Å². The number of nitrogens with zero attached hydrogens (tertiary/aromatic N) is 1. The summed E-state index contributed by atoms with van der Waals surface area (Å²) in [6, 6.07) is 0. The van der Waals surface area contributed by atoms with Gasteiger partial charge in [0.05, 0.1) is 0 Å². The molecule has 3 heteroatoms. The van der Waals surface area contributed by atoms with E-state index in [1.165, 1.54) is 18.4 Å². The second kappa shape index (κ2) is 9.57. The van der Waals surface area contributed by atoms with Crippen molar-refractivity contribution >= 4 is 17.8 Å². The number of halogens is 1. The fourth-order valence-electron chi connectivity index (χ4n) is 1.79. The van der Waals surface area contributed by atoms with Crippen LogP contribution in [0.3, 0.4) is 0 Å². The van der Waals surface area contributed by atoms with Crippen LogP contribution < -0.4 is 0 Å². The summed E-state index contributed by atoms with van der Waals surface area (Å²) in [7, 11) is 0. The van der Waals surface area contributed by atoms with E-state index in [4.69, 9.17) is 16.3 Å². The Morgan fingerprint density at radius 2 is 2.11 bits per heavy atom. The van der Waals surface area contributed by atoms with Crippen LogP contribution in [0.5, 0.6) is 0 Å². The van der Waals surface area contributed by atoms with Crippen LogP contribution in [0.15, 0.2) is 15.7 Å². The highest BCUT2D eigenvalue weighted by Gasteiger charge is 2.19. The summed E-state index contributed by atoms with van der Waals surface area (Å²) in [5.74, 6) is 0.880. The summed E-state index contributed by atoms with van der Waals surface area (Å²) in [6.45, 7) is 5.95. The van der Waals surface area contributed by atoms with Crippen LogP contribution in [-0.2, 0) is 4.74 Å². The lowest BCUT2D eigenvalue weighted by Gasteiger charge is -2.06. The molecule has 0 bridgehead atoms. The van der Waals surface area contributed by atoms with Crippen molar-refractivity contribution in [2.75, 3.05) is 13.2 Å². The lowest BCUT2D eigenvalue weighted by molar-refractivity contribution is 0.132. The molecule has 0 atom stereocenters. The van der Waals surface area contributed by atoms with Gasteiger partial charge in [0.2, 0.25) is 0 Å². The predicted octanol–water partition coefficient (Wildman–Crippen LogP) is 4.92. The molecule has 0 aliphatic heterocycles. The largest absolute Gasteiger partial charge is 0.381 e. The Kier molecular flexibility index (Phi) is 8.36. The van der Waals surface area contributed by atoms with Crippen molar-refractivity contribution in [1.29, 1.82) is 0 Å². The maximum atomic E-state index is 6.23. The van der Waals surface area contributed by atoms with Crippen LogP contribution in [0, 0.1) is 5.92 Å². The number of hydrogen-bond acceptors (Lipinski definition) is 2. The topological polar surface area (TPSA) is 21.6 Å². The van der Waals surface area contributed by atoms with Gasteiger partial charge in [0, 0.05) is 19.4 Å². The molecule has 0 amide bonds. The van der Waals surface area contributed by atoms with Crippen molar-refractivity contribution in [3.63, 3.8) is 0 Å². The van der Waals surface area contributed by atoms with E-state index in [0.717, 1.165) is 51.2 Å². The molecule has 0 unspecified atom stereocenters. The van der Waals surface area contributed by atoms with Gasteiger partial charge in [-0.2, -0.15) is 0 Å². The molecule has 0 saturated heterocycles. The van der Waals surface area contributed by atoms with Gasteiger partial charge in [-0.25, -0.2) is 4.99 Å². The Bertz CT molecular complexity index is 282. The second-order valence-corrected chi connectivity index (χ2v) is 5.31. The third kappa shape index (κ3) is 7.17. The molecule has 0 radical (unpaired) electrons. The zero-order valence-corrected chi connectivity index (χ0v) is 12.5. The van der Waals surface area contributed by atoms with Crippen LogP contribution in [0.2, 0.25) is 0 Å². The van der Waals surface area contributed by atoms with Crippen LogP contribution in [0.1, 0.15) is 58.8 Å². The summed E-state index contributed by atoms with van der Waals surface area (Å²) in [6.07, 6.45) is 9.91. The monoisotopic (exact) mass is 271 g/mol. The maximum Gasteiger partial charge on any atom is 0.127 e. The Hall–Kier alpha value is -0.340. The first-order valence-corrected chi connectivity index (χ1v) is 7.63. The first-order chi connectivity index (χ1) is 8.77. The summed E-state index contributed by atoms with van der Waals surface area (Å²) >= 11 is 6.23. The molecule has 2 nitrogen and oxygen atoms in total. The molecule has 1 aliphatic rings. The zero-order valence-electron chi connectivity index (χ0n) is 11.8. The van der Waals surface area contributed by atoms with Crippen LogP contribution in [-0.4, -0.2) is 19.4 Å². The lowest BCUT2D eigenvalue weighted by Crippen LogP contribution is -1.97. The lowest BCUT2D eigenvalue weighted by atomic mass is 10.1. The molecule has 0 N–H and O–H groups in total. The number of aliphatic imine (C=N–C) groups is 1. The van der Waals surface area contributed by atoms with E-state index in [-0.39, 0.29) is 0 Å². The highest BCUT2D eigenvalue weighted by Crippen LogP contribution is 2.31. The highest BCUT2D eigenvalue weighted by atomic mass is 35.5. The van der Waals surface area contributed by atoms with Crippen molar-refractivity contribution in [2.45, 2.75) is 58.8 Å². The van der Waals surface area contributed by atoms with Gasteiger partial charge in [0.15, 0.2) is 0 Å². The Morgan fingerprint density at radius 1 is 1.33 bits per heavy atom. The minimum absolute atomic E-state index is 0.702. The normalized spacial score (nSPS) is 17.3. The molecule has 1 aliphatic carbocycles. The summed E-state index contributed by atoms with van der Waals surface area (Å²) in [5, 5.41) is 0.702. The molecule has 104 valence electrons. The molecule has 1 fully saturated rings. The van der Waals surface area contributed by atoms with Crippen molar-refractivity contribution in [3.05, 3.63) is 10.7 Å². The van der Waals surface area contributed by atoms with Crippen molar-refractivity contribution in [3.8, 4) is 0 Å². The van der Waals surface area contributed by atoms with Gasteiger partial charge < -0.3 is 4.74 Å². The van der Waals surface area contributed by atoms with Crippen molar-refractivity contribution < 1.29 is 4.74 Å². The molecular formula is C15H26ClNO. The van der Waals surface area contributed by atoms with E-state index in [9.17, 15) is 0 Å². The number of rotatable bonds is 10. The van der Waals surface area contributed by atoms with Crippen LogP contribution >= 0.6 is 11.6 Å². The van der Waals surface area contributed by atoms with Gasteiger partial charge in [-0.1, -0.05) is 25.4 Å². The molecule has 0 spiro atoms. The van der Waals surface area contributed by atoms with E-state index >= 15 is 0 Å².